The van der Waals surface area contributed by atoms with Crippen molar-refractivity contribution in [1.29, 1.82) is 0 Å². The molecule has 0 saturated heterocycles. The lowest BCUT2D eigenvalue weighted by atomic mass is 10.0. The molecule has 0 bridgehead atoms. The van der Waals surface area contributed by atoms with E-state index in [2.05, 4.69) is 18.8 Å². The van der Waals surface area contributed by atoms with E-state index in [0.29, 0.717) is 5.92 Å². The molecule has 1 N–H and O–H groups in total. The van der Waals surface area contributed by atoms with E-state index in [1.54, 1.807) is 6.20 Å². The first kappa shape index (κ1) is 8.05. The highest BCUT2D eigenvalue weighted by Gasteiger charge is 2.06. The molecule has 2 heteroatoms. The summed E-state index contributed by atoms with van der Waals surface area (Å²) in [7, 11) is 0. The summed E-state index contributed by atoms with van der Waals surface area (Å²) in [4.78, 5) is 3.78. The second-order valence-corrected chi connectivity index (χ2v) is 3.00. The Bertz CT molecular complexity index is 256. The molecular formula is C9H13NO. The summed E-state index contributed by atoms with van der Waals surface area (Å²) in [6, 6.07) is 1.94. The summed E-state index contributed by atoms with van der Waals surface area (Å²) < 4.78 is 0. The number of pyridine rings is 1. The molecule has 0 aliphatic rings. The van der Waals surface area contributed by atoms with Gasteiger partial charge in [-0.2, -0.15) is 0 Å². The molecule has 0 radical (unpaired) electrons. The third-order valence-electron chi connectivity index (χ3n) is 1.84. The molecule has 1 rings (SSSR count). The number of aromatic hydroxyl groups is 1. The van der Waals surface area contributed by atoms with Crippen LogP contribution in [0.5, 0.6) is 5.88 Å². The van der Waals surface area contributed by atoms with E-state index >= 15 is 0 Å². The minimum Gasteiger partial charge on any atom is -0.493 e. The summed E-state index contributed by atoms with van der Waals surface area (Å²) in [6.45, 7) is 6.08. The summed E-state index contributed by atoms with van der Waals surface area (Å²) in [5.74, 6) is 0.597. The third-order valence-corrected chi connectivity index (χ3v) is 1.84. The largest absolute Gasteiger partial charge is 0.493 e. The minimum absolute atomic E-state index is 0.149. The van der Waals surface area contributed by atoms with Crippen LogP contribution >= 0.6 is 0 Å². The molecule has 2 nitrogen and oxygen atoms in total. The van der Waals surface area contributed by atoms with Gasteiger partial charge in [0.05, 0.1) is 0 Å². The first-order chi connectivity index (χ1) is 5.13. The van der Waals surface area contributed by atoms with Crippen LogP contribution in [0.2, 0.25) is 0 Å². The maximum Gasteiger partial charge on any atom is 0.213 e. The van der Waals surface area contributed by atoms with Gasteiger partial charge in [-0.25, -0.2) is 4.98 Å². The van der Waals surface area contributed by atoms with Crippen molar-refractivity contribution in [1.82, 2.24) is 4.98 Å². The summed E-state index contributed by atoms with van der Waals surface area (Å²) in [5, 5.41) is 9.24. The predicted octanol–water partition coefficient (Wildman–Crippen LogP) is 2.22. The predicted molar refractivity (Wildman–Crippen MR) is 44.7 cm³/mol. The molecule has 1 aromatic rings. The molecule has 0 atom stereocenters. The van der Waals surface area contributed by atoms with E-state index in [4.69, 9.17) is 0 Å². The fourth-order valence-corrected chi connectivity index (χ4v) is 1.16. The molecule has 0 amide bonds. The van der Waals surface area contributed by atoms with Crippen LogP contribution in [0.4, 0.5) is 0 Å². The Kier molecular flexibility index (Phi) is 2.13. The first-order valence-corrected chi connectivity index (χ1v) is 3.77. The van der Waals surface area contributed by atoms with Crippen LogP contribution in [0.1, 0.15) is 30.9 Å². The average Bonchev–Trinajstić information content (AvgIpc) is 1.94. The summed E-state index contributed by atoms with van der Waals surface area (Å²) in [6.07, 6.45) is 1.64. The van der Waals surface area contributed by atoms with Crippen LogP contribution < -0.4 is 0 Å². The lowest BCUT2D eigenvalue weighted by molar-refractivity contribution is 0.447. The minimum atomic E-state index is 0.149. The lowest BCUT2D eigenvalue weighted by Gasteiger charge is -2.08. The van der Waals surface area contributed by atoms with E-state index in [0.717, 1.165) is 11.1 Å². The van der Waals surface area contributed by atoms with Gasteiger partial charge < -0.3 is 5.11 Å². The van der Waals surface area contributed by atoms with Gasteiger partial charge in [-0.3, -0.25) is 0 Å². The SMILES string of the molecule is Cc1c(C(C)C)ccnc1O. The number of aromatic nitrogens is 1. The highest BCUT2D eigenvalue weighted by atomic mass is 16.3. The molecule has 0 aliphatic carbocycles. The van der Waals surface area contributed by atoms with Crippen molar-refractivity contribution < 1.29 is 5.11 Å². The van der Waals surface area contributed by atoms with Crippen molar-refractivity contribution in [3.63, 3.8) is 0 Å². The smallest absolute Gasteiger partial charge is 0.213 e. The average molecular weight is 151 g/mol. The zero-order chi connectivity index (χ0) is 8.43. The van der Waals surface area contributed by atoms with Crippen LogP contribution in [-0.2, 0) is 0 Å². The molecule has 0 aromatic carbocycles. The van der Waals surface area contributed by atoms with E-state index in [1.807, 2.05) is 13.0 Å². The fraction of sp³-hybridized carbons (Fsp3) is 0.444. The molecule has 1 heterocycles. The number of hydrogen-bond donors (Lipinski definition) is 1. The fourth-order valence-electron chi connectivity index (χ4n) is 1.16. The highest BCUT2D eigenvalue weighted by molar-refractivity contribution is 5.33. The first-order valence-electron chi connectivity index (χ1n) is 3.77. The lowest BCUT2D eigenvalue weighted by Crippen LogP contribution is -1.92. The summed E-state index contributed by atoms with van der Waals surface area (Å²) >= 11 is 0. The van der Waals surface area contributed by atoms with Crippen LogP contribution in [0, 0.1) is 6.92 Å². The molecule has 0 fully saturated rings. The second-order valence-electron chi connectivity index (χ2n) is 3.00. The van der Waals surface area contributed by atoms with E-state index in [-0.39, 0.29) is 5.88 Å². The maximum atomic E-state index is 9.24. The number of rotatable bonds is 1. The Morgan fingerprint density at radius 3 is 2.55 bits per heavy atom. The van der Waals surface area contributed by atoms with Gasteiger partial charge >= 0.3 is 0 Å². The summed E-state index contributed by atoms with van der Waals surface area (Å²) in [5.41, 5.74) is 2.06. The number of nitrogens with zero attached hydrogens (tertiary/aromatic N) is 1. The maximum absolute atomic E-state index is 9.24. The Balaban J connectivity index is 3.17. The molecule has 0 aliphatic heterocycles. The van der Waals surface area contributed by atoms with Crippen molar-refractivity contribution in [3.8, 4) is 5.88 Å². The molecular weight excluding hydrogens is 138 g/mol. The Morgan fingerprint density at radius 2 is 2.09 bits per heavy atom. The molecule has 1 aromatic heterocycles. The molecule has 11 heavy (non-hydrogen) atoms. The zero-order valence-corrected chi connectivity index (χ0v) is 7.13. The highest BCUT2D eigenvalue weighted by Crippen LogP contribution is 2.23. The van der Waals surface area contributed by atoms with Gasteiger partial charge in [0.15, 0.2) is 0 Å². The molecule has 0 saturated carbocycles. The zero-order valence-electron chi connectivity index (χ0n) is 7.13. The van der Waals surface area contributed by atoms with Crippen LogP contribution in [-0.4, -0.2) is 10.1 Å². The van der Waals surface area contributed by atoms with Crippen molar-refractivity contribution in [2.45, 2.75) is 26.7 Å². The van der Waals surface area contributed by atoms with Gasteiger partial charge in [0, 0.05) is 11.8 Å². The van der Waals surface area contributed by atoms with Crippen LogP contribution in [0.25, 0.3) is 0 Å². The molecule has 0 unspecified atom stereocenters. The second kappa shape index (κ2) is 2.91. The van der Waals surface area contributed by atoms with Crippen molar-refractivity contribution in [2.24, 2.45) is 0 Å². The van der Waals surface area contributed by atoms with Gasteiger partial charge in [0.1, 0.15) is 0 Å². The van der Waals surface area contributed by atoms with Gasteiger partial charge in [0.25, 0.3) is 0 Å². The monoisotopic (exact) mass is 151 g/mol. The third kappa shape index (κ3) is 1.50. The van der Waals surface area contributed by atoms with Gasteiger partial charge in [-0.1, -0.05) is 13.8 Å². The van der Waals surface area contributed by atoms with E-state index < -0.39 is 0 Å². The van der Waals surface area contributed by atoms with E-state index in [9.17, 15) is 5.11 Å². The number of hydrogen-bond acceptors (Lipinski definition) is 2. The van der Waals surface area contributed by atoms with Crippen molar-refractivity contribution in [2.75, 3.05) is 0 Å². The van der Waals surface area contributed by atoms with Crippen LogP contribution in [0.15, 0.2) is 12.3 Å². The van der Waals surface area contributed by atoms with Gasteiger partial charge in [0.2, 0.25) is 5.88 Å². The van der Waals surface area contributed by atoms with Gasteiger partial charge in [-0.15, -0.1) is 0 Å². The molecule has 60 valence electrons. The molecule has 0 spiro atoms. The Hall–Kier alpha value is -1.05. The Morgan fingerprint density at radius 1 is 1.45 bits per heavy atom. The van der Waals surface area contributed by atoms with Crippen LogP contribution in [0.3, 0.4) is 0 Å². The van der Waals surface area contributed by atoms with Crippen molar-refractivity contribution in [3.05, 3.63) is 23.4 Å². The topological polar surface area (TPSA) is 33.1 Å². The Labute approximate surface area is 66.9 Å². The normalized spacial score (nSPS) is 10.5. The van der Waals surface area contributed by atoms with E-state index in [1.165, 1.54) is 0 Å². The standard InChI is InChI=1S/C9H13NO/c1-6(2)8-4-5-10-9(11)7(8)3/h4-6H,1-3H3,(H,10,11). The van der Waals surface area contributed by atoms with Gasteiger partial charge in [-0.05, 0) is 24.5 Å². The quantitative estimate of drug-likeness (QED) is 0.667. The van der Waals surface area contributed by atoms with Crippen molar-refractivity contribution >= 4 is 0 Å².